The lowest BCUT2D eigenvalue weighted by Gasteiger charge is -2.15. The number of halogens is 1. The first-order valence-electron chi connectivity index (χ1n) is 5.59. The Labute approximate surface area is 109 Å². The topological polar surface area (TPSA) is 61.7 Å². The van der Waals surface area contributed by atoms with E-state index in [2.05, 4.69) is 33.1 Å². The number of hydrogen-bond acceptors (Lipinski definition) is 3. The average molecular weight is 298 g/mol. The highest BCUT2D eigenvalue weighted by molar-refractivity contribution is 9.10. The van der Waals surface area contributed by atoms with Crippen molar-refractivity contribution < 1.29 is 0 Å². The Hall–Kier alpha value is -1.14. The summed E-state index contributed by atoms with van der Waals surface area (Å²) in [5.74, 6) is 0. The van der Waals surface area contributed by atoms with Crippen molar-refractivity contribution in [2.45, 2.75) is 25.9 Å². The van der Waals surface area contributed by atoms with Gasteiger partial charge in [-0.3, -0.25) is 9.36 Å². The minimum absolute atomic E-state index is 0.217. The highest BCUT2D eigenvalue weighted by atomic mass is 79.9. The van der Waals surface area contributed by atoms with Crippen LogP contribution in [0.3, 0.4) is 0 Å². The van der Waals surface area contributed by atoms with E-state index in [1.807, 2.05) is 17.8 Å². The SMILES string of the molecule is CCCn1ncc(Br)c1C(N)c1ccnn1C. The number of aromatic nitrogens is 4. The van der Waals surface area contributed by atoms with Crippen LogP contribution >= 0.6 is 15.9 Å². The van der Waals surface area contributed by atoms with Crippen molar-refractivity contribution in [3.63, 3.8) is 0 Å². The van der Waals surface area contributed by atoms with Crippen LogP contribution in [0.4, 0.5) is 0 Å². The summed E-state index contributed by atoms with van der Waals surface area (Å²) < 4.78 is 4.68. The molecule has 0 aliphatic rings. The zero-order valence-electron chi connectivity index (χ0n) is 9.97. The molecule has 0 fully saturated rings. The van der Waals surface area contributed by atoms with Crippen LogP contribution in [0.25, 0.3) is 0 Å². The number of rotatable bonds is 4. The van der Waals surface area contributed by atoms with Gasteiger partial charge in [0.25, 0.3) is 0 Å². The minimum Gasteiger partial charge on any atom is -0.318 e. The molecule has 2 heterocycles. The van der Waals surface area contributed by atoms with Gasteiger partial charge in [0.2, 0.25) is 0 Å². The zero-order chi connectivity index (χ0) is 12.4. The number of aryl methyl sites for hydroxylation is 2. The molecule has 2 rings (SSSR count). The van der Waals surface area contributed by atoms with Crippen molar-refractivity contribution in [3.8, 4) is 0 Å². The molecule has 1 atom stereocenters. The smallest absolute Gasteiger partial charge is 0.0905 e. The van der Waals surface area contributed by atoms with Gasteiger partial charge >= 0.3 is 0 Å². The normalized spacial score (nSPS) is 12.9. The highest BCUT2D eigenvalue weighted by Crippen LogP contribution is 2.26. The van der Waals surface area contributed by atoms with Crippen molar-refractivity contribution in [2.75, 3.05) is 0 Å². The number of hydrogen-bond donors (Lipinski definition) is 1. The van der Waals surface area contributed by atoms with Gasteiger partial charge in [-0.15, -0.1) is 0 Å². The molecule has 0 spiro atoms. The van der Waals surface area contributed by atoms with E-state index in [-0.39, 0.29) is 6.04 Å². The van der Waals surface area contributed by atoms with Crippen molar-refractivity contribution >= 4 is 15.9 Å². The first kappa shape index (κ1) is 12.3. The van der Waals surface area contributed by atoms with Gasteiger partial charge in [0.1, 0.15) is 0 Å². The second-order valence-corrected chi connectivity index (χ2v) is 4.81. The number of nitrogens with zero attached hydrogens (tertiary/aromatic N) is 4. The fourth-order valence-corrected chi connectivity index (χ4v) is 2.44. The molecular formula is C11H16BrN5. The van der Waals surface area contributed by atoms with Gasteiger partial charge in [-0.25, -0.2) is 0 Å². The van der Waals surface area contributed by atoms with Crippen LogP contribution < -0.4 is 5.73 Å². The van der Waals surface area contributed by atoms with Crippen LogP contribution in [-0.2, 0) is 13.6 Å². The van der Waals surface area contributed by atoms with Crippen LogP contribution in [0.2, 0.25) is 0 Å². The molecule has 17 heavy (non-hydrogen) atoms. The third-order valence-corrected chi connectivity index (χ3v) is 3.35. The van der Waals surface area contributed by atoms with Crippen LogP contribution in [0.5, 0.6) is 0 Å². The van der Waals surface area contributed by atoms with Crippen molar-refractivity contribution in [1.29, 1.82) is 0 Å². The standard InChI is InChI=1S/C11H16BrN5/c1-3-6-17-11(8(12)7-15-17)10(13)9-4-5-14-16(9)2/h4-5,7,10H,3,6,13H2,1-2H3. The molecule has 0 aliphatic heterocycles. The van der Waals surface area contributed by atoms with E-state index in [1.165, 1.54) is 0 Å². The van der Waals surface area contributed by atoms with E-state index in [4.69, 9.17) is 5.73 Å². The molecule has 0 aromatic carbocycles. The van der Waals surface area contributed by atoms with Crippen LogP contribution in [-0.4, -0.2) is 19.6 Å². The molecule has 0 bridgehead atoms. The maximum absolute atomic E-state index is 6.29. The van der Waals surface area contributed by atoms with Crippen LogP contribution in [0.1, 0.15) is 30.8 Å². The minimum atomic E-state index is -0.217. The third-order valence-electron chi connectivity index (χ3n) is 2.74. The van der Waals surface area contributed by atoms with E-state index < -0.39 is 0 Å². The summed E-state index contributed by atoms with van der Waals surface area (Å²) in [7, 11) is 1.89. The first-order valence-corrected chi connectivity index (χ1v) is 6.39. The summed E-state index contributed by atoms with van der Waals surface area (Å²) in [4.78, 5) is 0. The Morgan fingerprint density at radius 2 is 2.24 bits per heavy atom. The van der Waals surface area contributed by atoms with Gasteiger partial charge in [0.15, 0.2) is 0 Å². The molecule has 2 N–H and O–H groups in total. The van der Waals surface area contributed by atoms with Gasteiger partial charge in [-0.05, 0) is 28.4 Å². The highest BCUT2D eigenvalue weighted by Gasteiger charge is 2.20. The molecule has 0 amide bonds. The summed E-state index contributed by atoms with van der Waals surface area (Å²) in [5.41, 5.74) is 8.26. The van der Waals surface area contributed by atoms with Crippen molar-refractivity contribution in [3.05, 3.63) is 34.3 Å². The molecule has 0 radical (unpaired) electrons. The van der Waals surface area contributed by atoms with Crippen molar-refractivity contribution in [2.24, 2.45) is 12.8 Å². The van der Waals surface area contributed by atoms with Gasteiger partial charge < -0.3 is 5.73 Å². The molecule has 6 heteroatoms. The zero-order valence-corrected chi connectivity index (χ0v) is 11.6. The van der Waals surface area contributed by atoms with Gasteiger partial charge in [-0.2, -0.15) is 10.2 Å². The summed E-state index contributed by atoms with van der Waals surface area (Å²) >= 11 is 3.50. The lowest BCUT2D eigenvalue weighted by molar-refractivity contribution is 0.546. The Kier molecular flexibility index (Phi) is 3.63. The maximum atomic E-state index is 6.29. The fraction of sp³-hybridized carbons (Fsp3) is 0.455. The van der Waals surface area contributed by atoms with E-state index >= 15 is 0 Å². The van der Waals surface area contributed by atoms with E-state index in [9.17, 15) is 0 Å². The molecule has 2 aromatic heterocycles. The van der Waals surface area contributed by atoms with Gasteiger partial charge in [0, 0.05) is 19.8 Å². The van der Waals surface area contributed by atoms with Gasteiger partial charge in [0.05, 0.1) is 28.1 Å². The molecule has 0 aliphatic carbocycles. The summed E-state index contributed by atoms with van der Waals surface area (Å²) in [5, 5.41) is 8.47. The molecule has 92 valence electrons. The van der Waals surface area contributed by atoms with Crippen LogP contribution in [0, 0.1) is 0 Å². The maximum Gasteiger partial charge on any atom is 0.0905 e. The Morgan fingerprint density at radius 3 is 2.82 bits per heavy atom. The third kappa shape index (κ3) is 2.28. The van der Waals surface area contributed by atoms with Crippen molar-refractivity contribution in [1.82, 2.24) is 19.6 Å². The van der Waals surface area contributed by atoms with E-state index in [1.54, 1.807) is 17.1 Å². The Balaban J connectivity index is 2.39. The van der Waals surface area contributed by atoms with E-state index in [0.717, 1.165) is 28.8 Å². The monoisotopic (exact) mass is 297 g/mol. The molecule has 1 unspecified atom stereocenters. The summed E-state index contributed by atoms with van der Waals surface area (Å²) in [6.45, 7) is 2.99. The predicted molar refractivity (Wildman–Crippen MR) is 69.5 cm³/mol. The van der Waals surface area contributed by atoms with Gasteiger partial charge in [-0.1, -0.05) is 6.92 Å². The molecular weight excluding hydrogens is 282 g/mol. The molecule has 2 aromatic rings. The number of nitrogens with two attached hydrogens (primary N) is 1. The Morgan fingerprint density at radius 1 is 1.47 bits per heavy atom. The molecule has 0 saturated heterocycles. The Bertz CT molecular complexity index is 502. The summed E-state index contributed by atoms with van der Waals surface area (Å²) in [6, 6.07) is 1.71. The fourth-order valence-electron chi connectivity index (χ4n) is 1.90. The quantitative estimate of drug-likeness (QED) is 0.937. The second-order valence-electron chi connectivity index (χ2n) is 3.96. The average Bonchev–Trinajstić information content (AvgIpc) is 2.86. The summed E-state index contributed by atoms with van der Waals surface area (Å²) in [6.07, 6.45) is 4.57. The lowest BCUT2D eigenvalue weighted by atomic mass is 10.1. The largest absolute Gasteiger partial charge is 0.318 e. The second kappa shape index (κ2) is 5.01. The molecule has 0 saturated carbocycles. The molecule has 5 nitrogen and oxygen atoms in total. The lowest BCUT2D eigenvalue weighted by Crippen LogP contribution is -2.20. The predicted octanol–water partition coefficient (Wildman–Crippen LogP) is 1.84. The first-order chi connectivity index (χ1) is 8.15. The van der Waals surface area contributed by atoms with Crippen LogP contribution in [0.15, 0.2) is 22.9 Å². The van der Waals surface area contributed by atoms with E-state index in [0.29, 0.717) is 0 Å².